The predicted octanol–water partition coefficient (Wildman–Crippen LogP) is 5.73. The summed E-state index contributed by atoms with van der Waals surface area (Å²) in [6.45, 7) is 2.21. The number of ether oxygens (including phenoxy) is 3. The number of fused-ring (bicyclic) bond motifs is 2. The smallest absolute Gasteiger partial charge is 0.270 e. The molecule has 0 atom stereocenters. The van der Waals surface area contributed by atoms with Gasteiger partial charge in [-0.2, -0.15) is 0 Å². The van der Waals surface area contributed by atoms with Gasteiger partial charge in [0, 0.05) is 33.9 Å². The average molecular weight is 558 g/mol. The summed E-state index contributed by atoms with van der Waals surface area (Å²) in [6.07, 6.45) is 1.86. The first kappa shape index (κ1) is 25.0. The number of carbonyl (C=O) groups excluding carboxylic acids is 2. The molecule has 0 aliphatic carbocycles. The maximum absolute atomic E-state index is 13.5. The number of aromatic nitrogens is 1. The van der Waals surface area contributed by atoms with Crippen LogP contribution in [-0.4, -0.2) is 34.6 Å². The molecule has 10 heteroatoms. The van der Waals surface area contributed by atoms with Crippen LogP contribution in [0.15, 0.2) is 71.6 Å². The molecule has 3 aromatic carbocycles. The molecule has 0 spiro atoms. The third-order valence-corrected chi connectivity index (χ3v) is 7.94. The van der Waals surface area contributed by atoms with Crippen LogP contribution in [-0.2, 0) is 16.1 Å². The molecular formula is C29H23N3O5S2. The molecule has 1 fully saturated rings. The number of amides is 2. The number of rotatable bonds is 6. The summed E-state index contributed by atoms with van der Waals surface area (Å²) in [6, 6.07) is 20.4. The van der Waals surface area contributed by atoms with Crippen LogP contribution < -0.4 is 24.4 Å². The van der Waals surface area contributed by atoms with Gasteiger partial charge in [-0.1, -0.05) is 54.3 Å². The zero-order valence-electron chi connectivity index (χ0n) is 21.1. The molecule has 1 aromatic heterocycles. The van der Waals surface area contributed by atoms with Crippen molar-refractivity contribution in [2.75, 3.05) is 24.1 Å². The zero-order chi connectivity index (χ0) is 27.1. The lowest BCUT2D eigenvalue weighted by molar-refractivity contribution is -0.116. The van der Waals surface area contributed by atoms with E-state index in [0.29, 0.717) is 37.8 Å². The lowest BCUT2D eigenvalue weighted by Gasteiger charge is -2.17. The Morgan fingerprint density at radius 3 is 2.72 bits per heavy atom. The number of nitrogens with one attached hydrogen (secondary N) is 1. The van der Waals surface area contributed by atoms with Gasteiger partial charge >= 0.3 is 0 Å². The average Bonchev–Trinajstić information content (AvgIpc) is 3.59. The number of benzene rings is 3. The van der Waals surface area contributed by atoms with Gasteiger partial charge in [-0.15, -0.1) is 0 Å². The highest BCUT2D eigenvalue weighted by Crippen LogP contribution is 2.41. The monoisotopic (exact) mass is 557 g/mol. The van der Waals surface area contributed by atoms with Crippen molar-refractivity contribution in [1.82, 2.24) is 4.57 Å². The van der Waals surface area contributed by atoms with Crippen LogP contribution in [0.5, 0.6) is 17.2 Å². The first-order valence-corrected chi connectivity index (χ1v) is 13.4. The van der Waals surface area contributed by atoms with Crippen molar-refractivity contribution in [3.63, 3.8) is 0 Å². The molecule has 1 N–H and O–H groups in total. The van der Waals surface area contributed by atoms with Gasteiger partial charge in [-0.3, -0.25) is 14.5 Å². The molecule has 2 aliphatic heterocycles. The Bertz CT molecular complexity index is 1690. The fourth-order valence-corrected chi connectivity index (χ4v) is 6.05. The second-order valence-electron chi connectivity index (χ2n) is 8.91. The Morgan fingerprint density at radius 1 is 1.10 bits per heavy atom. The van der Waals surface area contributed by atoms with Crippen molar-refractivity contribution in [3.05, 3.63) is 82.9 Å². The molecule has 196 valence electrons. The largest absolute Gasteiger partial charge is 0.495 e. The highest BCUT2D eigenvalue weighted by atomic mass is 32.2. The van der Waals surface area contributed by atoms with Gasteiger partial charge < -0.3 is 24.1 Å². The van der Waals surface area contributed by atoms with Crippen LogP contribution in [0.1, 0.15) is 11.3 Å². The van der Waals surface area contributed by atoms with E-state index in [1.165, 1.54) is 16.7 Å². The van der Waals surface area contributed by atoms with Crippen LogP contribution in [0.25, 0.3) is 17.0 Å². The topological polar surface area (TPSA) is 82.0 Å². The molecule has 2 amide bonds. The van der Waals surface area contributed by atoms with Gasteiger partial charge in [0.1, 0.15) is 12.3 Å². The number of anilines is 2. The molecule has 0 bridgehead atoms. The molecule has 6 rings (SSSR count). The molecule has 8 nitrogen and oxygen atoms in total. The second kappa shape index (κ2) is 10.1. The van der Waals surface area contributed by atoms with Gasteiger partial charge in [-0.05, 0) is 43.3 Å². The van der Waals surface area contributed by atoms with Gasteiger partial charge in [0.15, 0.2) is 15.8 Å². The Kier molecular flexibility index (Phi) is 6.49. The summed E-state index contributed by atoms with van der Waals surface area (Å²) in [5.74, 6) is 1.42. The standard InChI is InChI=1S/C29H23N3O5S2/c1-17-20(14-26-28(34)32(29(38)39-26)22-9-5-6-10-23(22)35-2)19-7-3-4-8-21(19)31(17)15-27(33)30-18-11-12-24-25(13-18)37-16-36-24/h3-14H,15-16H2,1-2H3,(H,30,33)/b26-14-. The normalized spacial score (nSPS) is 15.4. The quantitative estimate of drug-likeness (QED) is 0.239. The first-order valence-electron chi connectivity index (χ1n) is 12.1. The van der Waals surface area contributed by atoms with Crippen LogP contribution >= 0.6 is 24.0 Å². The van der Waals surface area contributed by atoms with E-state index in [1.807, 2.05) is 60.0 Å². The number of nitrogens with zero attached hydrogens (tertiary/aromatic N) is 2. The third kappa shape index (κ3) is 4.51. The van der Waals surface area contributed by atoms with Crippen molar-refractivity contribution in [1.29, 1.82) is 0 Å². The Hall–Kier alpha value is -4.28. The van der Waals surface area contributed by atoms with Crippen molar-refractivity contribution in [2.45, 2.75) is 13.5 Å². The molecule has 0 saturated carbocycles. The Balaban J connectivity index is 1.31. The van der Waals surface area contributed by atoms with Crippen molar-refractivity contribution in [3.8, 4) is 17.2 Å². The Morgan fingerprint density at radius 2 is 1.87 bits per heavy atom. The maximum Gasteiger partial charge on any atom is 0.270 e. The van der Waals surface area contributed by atoms with Crippen LogP contribution in [0, 0.1) is 6.92 Å². The minimum absolute atomic E-state index is 0.0941. The molecule has 39 heavy (non-hydrogen) atoms. The molecule has 0 radical (unpaired) electrons. The van der Waals surface area contributed by atoms with Gasteiger partial charge in [0.2, 0.25) is 12.7 Å². The van der Waals surface area contributed by atoms with E-state index in [0.717, 1.165) is 22.2 Å². The summed E-state index contributed by atoms with van der Waals surface area (Å²) < 4.78 is 18.6. The van der Waals surface area contributed by atoms with Crippen molar-refractivity contribution < 1.29 is 23.8 Å². The SMILES string of the molecule is COc1ccccc1N1C(=O)/C(=C/c2c(C)n(CC(=O)Nc3ccc4c(c3)OCO4)c3ccccc23)SC1=S. The lowest BCUT2D eigenvalue weighted by Crippen LogP contribution is -2.27. The van der Waals surface area contributed by atoms with Crippen LogP contribution in [0.3, 0.4) is 0 Å². The number of methoxy groups -OCH3 is 1. The van der Waals surface area contributed by atoms with E-state index in [4.69, 9.17) is 26.4 Å². The van der Waals surface area contributed by atoms with Gasteiger partial charge in [0.05, 0.1) is 17.7 Å². The van der Waals surface area contributed by atoms with Gasteiger partial charge in [-0.25, -0.2) is 0 Å². The molecule has 0 unspecified atom stereocenters. The fourth-order valence-electron chi connectivity index (χ4n) is 4.78. The number of hydrogen-bond donors (Lipinski definition) is 1. The number of carbonyl (C=O) groups is 2. The molecule has 3 heterocycles. The maximum atomic E-state index is 13.5. The fraction of sp³-hybridized carbons (Fsp3) is 0.138. The summed E-state index contributed by atoms with van der Waals surface area (Å²) in [5, 5.41) is 3.88. The van der Waals surface area contributed by atoms with E-state index in [2.05, 4.69) is 5.32 Å². The zero-order valence-corrected chi connectivity index (χ0v) is 22.7. The van der Waals surface area contributed by atoms with E-state index in [9.17, 15) is 9.59 Å². The Labute approximate surface area is 234 Å². The minimum Gasteiger partial charge on any atom is -0.495 e. The van der Waals surface area contributed by atoms with Gasteiger partial charge in [0.25, 0.3) is 5.91 Å². The second-order valence-corrected chi connectivity index (χ2v) is 10.6. The van der Waals surface area contributed by atoms with E-state index < -0.39 is 0 Å². The highest BCUT2D eigenvalue weighted by molar-refractivity contribution is 8.27. The van der Waals surface area contributed by atoms with E-state index in [-0.39, 0.29) is 25.2 Å². The summed E-state index contributed by atoms with van der Waals surface area (Å²) in [7, 11) is 1.56. The summed E-state index contributed by atoms with van der Waals surface area (Å²) >= 11 is 6.83. The third-order valence-electron chi connectivity index (χ3n) is 6.63. The van der Waals surface area contributed by atoms with Crippen LogP contribution in [0.4, 0.5) is 11.4 Å². The summed E-state index contributed by atoms with van der Waals surface area (Å²) in [4.78, 5) is 28.6. The molecule has 4 aromatic rings. The van der Waals surface area contributed by atoms with Crippen molar-refractivity contribution >= 4 is 68.5 Å². The minimum atomic E-state index is -0.216. The first-order chi connectivity index (χ1) is 18.9. The molecule has 1 saturated heterocycles. The van der Waals surface area contributed by atoms with Crippen molar-refractivity contribution in [2.24, 2.45) is 0 Å². The lowest BCUT2D eigenvalue weighted by atomic mass is 10.1. The van der Waals surface area contributed by atoms with E-state index >= 15 is 0 Å². The number of hydrogen-bond acceptors (Lipinski definition) is 7. The summed E-state index contributed by atoms with van der Waals surface area (Å²) in [5.41, 5.74) is 3.84. The molecule has 2 aliphatic rings. The number of thioether (sulfide) groups is 1. The highest BCUT2D eigenvalue weighted by Gasteiger charge is 2.35. The molecular weight excluding hydrogens is 534 g/mol. The predicted molar refractivity (Wildman–Crippen MR) is 157 cm³/mol. The van der Waals surface area contributed by atoms with Crippen LogP contribution in [0.2, 0.25) is 0 Å². The number of para-hydroxylation sites is 3. The van der Waals surface area contributed by atoms with E-state index in [1.54, 1.807) is 31.4 Å². The number of thiocarbonyl (C=S) groups is 1.